The molecule has 0 spiro atoms. The molecule has 0 aliphatic carbocycles. The molecule has 2 heterocycles. The molecule has 108 valence electrons. The van der Waals surface area contributed by atoms with E-state index >= 15 is 0 Å². The number of hydrogen-bond acceptors (Lipinski definition) is 3. The quantitative estimate of drug-likeness (QED) is 0.853. The second-order valence-corrected chi connectivity index (χ2v) is 5.74. The van der Waals surface area contributed by atoms with Gasteiger partial charge in [-0.2, -0.15) is 0 Å². The molecule has 2 unspecified atom stereocenters. The maximum atomic E-state index is 5.41. The summed E-state index contributed by atoms with van der Waals surface area (Å²) in [6.07, 6.45) is 7.26. The van der Waals surface area contributed by atoms with Crippen LogP contribution in [0, 0.1) is 5.92 Å². The number of furan rings is 1. The Kier molecular flexibility index (Phi) is 5.93. The lowest BCUT2D eigenvalue weighted by atomic mass is 9.98. The highest BCUT2D eigenvalue weighted by Crippen LogP contribution is 2.20. The molecule has 3 heteroatoms. The second-order valence-electron chi connectivity index (χ2n) is 5.74. The van der Waals surface area contributed by atoms with Gasteiger partial charge in [0.15, 0.2) is 0 Å². The van der Waals surface area contributed by atoms with Gasteiger partial charge in [0.25, 0.3) is 0 Å². The van der Waals surface area contributed by atoms with Gasteiger partial charge in [0.1, 0.15) is 5.76 Å². The van der Waals surface area contributed by atoms with E-state index in [0.29, 0.717) is 6.04 Å². The van der Waals surface area contributed by atoms with E-state index in [1.807, 2.05) is 12.1 Å². The molecule has 0 saturated carbocycles. The number of rotatable bonds is 6. The predicted molar refractivity (Wildman–Crippen MR) is 79.2 cm³/mol. The Morgan fingerprint density at radius 2 is 2.32 bits per heavy atom. The van der Waals surface area contributed by atoms with Crippen molar-refractivity contribution in [2.24, 2.45) is 5.92 Å². The molecule has 0 aromatic carbocycles. The summed E-state index contributed by atoms with van der Waals surface area (Å²) in [5, 5.41) is 3.54. The summed E-state index contributed by atoms with van der Waals surface area (Å²) < 4.78 is 5.41. The number of likely N-dealkylation sites (tertiary alicyclic amines) is 1. The van der Waals surface area contributed by atoms with Crippen LogP contribution in [0.25, 0.3) is 0 Å². The van der Waals surface area contributed by atoms with Crippen molar-refractivity contribution in [3.05, 3.63) is 24.2 Å². The molecule has 1 aromatic heterocycles. The van der Waals surface area contributed by atoms with Crippen molar-refractivity contribution in [2.45, 2.75) is 45.6 Å². The summed E-state index contributed by atoms with van der Waals surface area (Å²) in [5.74, 6) is 1.99. The molecule has 0 radical (unpaired) electrons. The molecule has 1 aliphatic rings. The van der Waals surface area contributed by atoms with E-state index in [0.717, 1.165) is 24.8 Å². The zero-order valence-corrected chi connectivity index (χ0v) is 12.4. The molecular weight excluding hydrogens is 236 g/mol. The van der Waals surface area contributed by atoms with E-state index in [9.17, 15) is 0 Å². The van der Waals surface area contributed by atoms with E-state index in [4.69, 9.17) is 4.42 Å². The van der Waals surface area contributed by atoms with Gasteiger partial charge in [-0.05, 0) is 57.3 Å². The Morgan fingerprint density at radius 3 is 3.05 bits per heavy atom. The molecule has 19 heavy (non-hydrogen) atoms. The predicted octanol–water partition coefficient (Wildman–Crippen LogP) is 3.44. The zero-order valence-electron chi connectivity index (χ0n) is 12.4. The highest BCUT2D eigenvalue weighted by Gasteiger charge is 2.15. The third-order valence-electron chi connectivity index (χ3n) is 4.37. The summed E-state index contributed by atoms with van der Waals surface area (Å²) in [6, 6.07) is 4.30. The minimum absolute atomic E-state index is 0.311. The van der Waals surface area contributed by atoms with Crippen LogP contribution in [-0.2, 0) is 0 Å². The standard InChI is InChI=1S/C16H28N2O/c1-3-15-6-4-10-18(11-8-15)12-9-17-14(2)16-7-5-13-19-16/h5,7,13-15,17H,3-4,6,8-12H2,1-2H3. The van der Waals surface area contributed by atoms with Crippen LogP contribution in [0.15, 0.2) is 22.8 Å². The summed E-state index contributed by atoms with van der Waals surface area (Å²) in [5.41, 5.74) is 0. The average Bonchev–Trinajstić information content (AvgIpc) is 2.86. The van der Waals surface area contributed by atoms with Crippen LogP contribution in [0.2, 0.25) is 0 Å². The number of hydrogen-bond donors (Lipinski definition) is 1. The molecule has 1 aromatic rings. The molecule has 1 saturated heterocycles. The van der Waals surface area contributed by atoms with E-state index < -0.39 is 0 Å². The largest absolute Gasteiger partial charge is 0.468 e. The molecule has 2 rings (SSSR count). The van der Waals surface area contributed by atoms with Crippen LogP contribution >= 0.6 is 0 Å². The van der Waals surface area contributed by atoms with Crippen molar-refractivity contribution >= 4 is 0 Å². The Labute approximate surface area is 117 Å². The van der Waals surface area contributed by atoms with Gasteiger partial charge in [-0.3, -0.25) is 0 Å². The zero-order chi connectivity index (χ0) is 13.5. The van der Waals surface area contributed by atoms with Gasteiger partial charge in [-0.25, -0.2) is 0 Å². The van der Waals surface area contributed by atoms with Crippen LogP contribution in [0.4, 0.5) is 0 Å². The van der Waals surface area contributed by atoms with Gasteiger partial charge in [-0.15, -0.1) is 0 Å². The fraction of sp³-hybridized carbons (Fsp3) is 0.750. The highest BCUT2D eigenvalue weighted by atomic mass is 16.3. The van der Waals surface area contributed by atoms with Gasteiger partial charge in [0.2, 0.25) is 0 Å². The minimum atomic E-state index is 0.311. The summed E-state index contributed by atoms with van der Waals surface area (Å²) in [4.78, 5) is 2.61. The monoisotopic (exact) mass is 264 g/mol. The third-order valence-corrected chi connectivity index (χ3v) is 4.37. The fourth-order valence-corrected chi connectivity index (χ4v) is 2.93. The average molecular weight is 264 g/mol. The molecular formula is C16H28N2O. The van der Waals surface area contributed by atoms with Crippen LogP contribution in [0.3, 0.4) is 0 Å². The van der Waals surface area contributed by atoms with Gasteiger partial charge in [0.05, 0.1) is 12.3 Å². The Morgan fingerprint density at radius 1 is 1.42 bits per heavy atom. The van der Waals surface area contributed by atoms with E-state index in [-0.39, 0.29) is 0 Å². The SMILES string of the molecule is CCC1CCCN(CCNC(C)c2ccco2)CC1. The van der Waals surface area contributed by atoms with Crippen LogP contribution in [-0.4, -0.2) is 31.1 Å². The molecule has 1 aliphatic heterocycles. The first-order valence-corrected chi connectivity index (χ1v) is 7.78. The lowest BCUT2D eigenvalue weighted by Gasteiger charge is -2.21. The Hall–Kier alpha value is -0.800. The Bertz CT molecular complexity index is 337. The number of nitrogens with zero attached hydrogens (tertiary/aromatic N) is 1. The van der Waals surface area contributed by atoms with Crippen LogP contribution < -0.4 is 5.32 Å². The third kappa shape index (κ3) is 4.66. The van der Waals surface area contributed by atoms with E-state index in [2.05, 4.69) is 24.1 Å². The van der Waals surface area contributed by atoms with Crippen LogP contribution in [0.5, 0.6) is 0 Å². The van der Waals surface area contributed by atoms with Crippen molar-refractivity contribution in [1.82, 2.24) is 10.2 Å². The normalized spacial score (nSPS) is 23.2. The van der Waals surface area contributed by atoms with Crippen molar-refractivity contribution in [2.75, 3.05) is 26.2 Å². The second kappa shape index (κ2) is 7.71. The topological polar surface area (TPSA) is 28.4 Å². The highest BCUT2D eigenvalue weighted by molar-refractivity contribution is 5.02. The van der Waals surface area contributed by atoms with Gasteiger partial charge in [-0.1, -0.05) is 13.3 Å². The summed E-state index contributed by atoms with van der Waals surface area (Å²) in [7, 11) is 0. The van der Waals surface area contributed by atoms with Crippen LogP contribution in [0.1, 0.15) is 51.3 Å². The van der Waals surface area contributed by atoms with E-state index in [1.165, 1.54) is 38.8 Å². The summed E-state index contributed by atoms with van der Waals surface area (Å²) >= 11 is 0. The molecule has 1 N–H and O–H groups in total. The van der Waals surface area contributed by atoms with Crippen molar-refractivity contribution in [1.29, 1.82) is 0 Å². The van der Waals surface area contributed by atoms with Crippen molar-refractivity contribution in [3.8, 4) is 0 Å². The summed E-state index contributed by atoms with van der Waals surface area (Å²) in [6.45, 7) is 9.23. The smallest absolute Gasteiger partial charge is 0.120 e. The molecule has 0 bridgehead atoms. The fourth-order valence-electron chi connectivity index (χ4n) is 2.93. The molecule has 2 atom stereocenters. The first kappa shape index (κ1) is 14.6. The van der Waals surface area contributed by atoms with Gasteiger partial charge < -0.3 is 14.6 Å². The van der Waals surface area contributed by atoms with E-state index in [1.54, 1.807) is 6.26 Å². The lowest BCUT2D eigenvalue weighted by molar-refractivity contribution is 0.273. The van der Waals surface area contributed by atoms with Gasteiger partial charge >= 0.3 is 0 Å². The molecule has 0 amide bonds. The number of nitrogens with one attached hydrogen (secondary N) is 1. The Balaban J connectivity index is 1.65. The molecule has 3 nitrogen and oxygen atoms in total. The first-order valence-electron chi connectivity index (χ1n) is 7.78. The van der Waals surface area contributed by atoms with Crippen molar-refractivity contribution in [3.63, 3.8) is 0 Å². The van der Waals surface area contributed by atoms with Crippen molar-refractivity contribution < 1.29 is 4.42 Å². The molecule has 1 fully saturated rings. The first-order chi connectivity index (χ1) is 9.29. The van der Waals surface area contributed by atoms with Gasteiger partial charge in [0, 0.05) is 13.1 Å². The minimum Gasteiger partial charge on any atom is -0.468 e. The maximum absolute atomic E-state index is 5.41. The lowest BCUT2D eigenvalue weighted by Crippen LogP contribution is -2.33. The maximum Gasteiger partial charge on any atom is 0.120 e.